The Labute approximate surface area is 213 Å². The van der Waals surface area contributed by atoms with E-state index in [-0.39, 0.29) is 12.2 Å². The Kier molecular flexibility index (Phi) is 7.21. The summed E-state index contributed by atoms with van der Waals surface area (Å²) in [6, 6.07) is 22.6. The first kappa shape index (κ1) is 25.8. The van der Waals surface area contributed by atoms with Gasteiger partial charge in [0.15, 0.2) is 0 Å². The van der Waals surface area contributed by atoms with Gasteiger partial charge >= 0.3 is 6.18 Å². The Hall–Kier alpha value is -4.31. The maximum atomic E-state index is 13.9. The number of nitriles is 1. The highest BCUT2D eigenvalue weighted by atomic mass is 19.4. The fraction of sp³-hybridized carbons (Fsp3) is 0.200. The number of nitrogens with zero attached hydrogens (tertiary/aromatic N) is 2. The fourth-order valence-electron chi connectivity index (χ4n) is 4.27. The van der Waals surface area contributed by atoms with Crippen LogP contribution < -0.4 is 10.3 Å². The summed E-state index contributed by atoms with van der Waals surface area (Å²) in [4.78, 5) is 13.3. The molecule has 0 spiro atoms. The number of halogens is 3. The van der Waals surface area contributed by atoms with E-state index in [1.54, 1.807) is 25.1 Å². The number of alkyl halides is 3. The van der Waals surface area contributed by atoms with Gasteiger partial charge in [0.2, 0.25) is 0 Å². The summed E-state index contributed by atoms with van der Waals surface area (Å²) >= 11 is 0. The molecule has 37 heavy (non-hydrogen) atoms. The van der Waals surface area contributed by atoms with Gasteiger partial charge in [0.05, 0.1) is 17.8 Å². The lowest BCUT2D eigenvalue weighted by Crippen LogP contribution is -2.29. The Morgan fingerprint density at radius 2 is 1.65 bits per heavy atom. The number of hydrogen-bond acceptors (Lipinski definition) is 3. The predicted octanol–water partition coefficient (Wildman–Crippen LogP) is 6.96. The summed E-state index contributed by atoms with van der Waals surface area (Å²) < 4.78 is 48.7. The van der Waals surface area contributed by atoms with Crippen molar-refractivity contribution >= 4 is 0 Å². The normalized spacial score (nSPS) is 11.3. The van der Waals surface area contributed by atoms with Crippen molar-refractivity contribution in [2.45, 2.75) is 40.1 Å². The van der Waals surface area contributed by atoms with E-state index in [1.807, 2.05) is 62.4 Å². The van der Waals surface area contributed by atoms with Crippen LogP contribution in [0, 0.1) is 32.1 Å². The maximum absolute atomic E-state index is 13.9. The van der Waals surface area contributed by atoms with Gasteiger partial charge in [0.25, 0.3) is 5.56 Å². The van der Waals surface area contributed by atoms with Crippen LogP contribution >= 0.6 is 0 Å². The Morgan fingerprint density at radius 3 is 2.27 bits per heavy atom. The quantitative estimate of drug-likeness (QED) is 0.286. The molecule has 0 atom stereocenters. The highest BCUT2D eigenvalue weighted by Gasteiger charge is 2.36. The van der Waals surface area contributed by atoms with E-state index in [1.165, 1.54) is 10.6 Å². The second-order valence-electron chi connectivity index (χ2n) is 9.00. The minimum Gasteiger partial charge on any atom is -0.489 e. The van der Waals surface area contributed by atoms with Crippen LogP contribution in [0.4, 0.5) is 13.2 Å². The molecule has 3 aromatic carbocycles. The average Bonchev–Trinajstić information content (AvgIpc) is 2.85. The zero-order chi connectivity index (χ0) is 26.7. The van der Waals surface area contributed by atoms with Crippen LogP contribution in [0.25, 0.3) is 11.3 Å². The molecular formula is C30H25F3N2O2. The standard InChI is InChI=1S/C30H25F3N2O2/c1-19-9-10-24(20(2)13-19)17-35-27(15-26(30(31,32)33)25(16-34)29(35)36)23-11-12-28(21(3)14-23)37-18-22-7-5-4-6-8-22/h4-15H,17-18H2,1-3H3. The lowest BCUT2D eigenvalue weighted by Gasteiger charge is -2.19. The van der Waals surface area contributed by atoms with Crippen molar-refractivity contribution in [2.75, 3.05) is 0 Å². The van der Waals surface area contributed by atoms with Crippen LogP contribution in [-0.4, -0.2) is 4.57 Å². The van der Waals surface area contributed by atoms with Gasteiger partial charge < -0.3 is 9.30 Å². The molecule has 0 fully saturated rings. The summed E-state index contributed by atoms with van der Waals surface area (Å²) in [7, 11) is 0. The number of benzene rings is 3. The lowest BCUT2D eigenvalue weighted by molar-refractivity contribution is -0.137. The molecule has 1 aromatic heterocycles. The number of ether oxygens (including phenoxy) is 1. The summed E-state index contributed by atoms with van der Waals surface area (Å²) in [6.07, 6.45) is -4.86. The first-order chi connectivity index (χ1) is 17.6. The monoisotopic (exact) mass is 502 g/mol. The molecule has 0 radical (unpaired) electrons. The first-order valence-corrected chi connectivity index (χ1v) is 11.7. The van der Waals surface area contributed by atoms with Gasteiger partial charge in [-0.25, -0.2) is 0 Å². The van der Waals surface area contributed by atoms with Gasteiger partial charge in [-0.3, -0.25) is 4.79 Å². The zero-order valence-corrected chi connectivity index (χ0v) is 20.7. The van der Waals surface area contributed by atoms with E-state index in [0.29, 0.717) is 23.5 Å². The number of aromatic nitrogens is 1. The van der Waals surface area contributed by atoms with E-state index in [2.05, 4.69) is 0 Å². The molecule has 0 N–H and O–H groups in total. The SMILES string of the molecule is Cc1ccc(Cn2c(-c3ccc(OCc4ccccc4)c(C)c3)cc(C(F)(F)F)c(C#N)c2=O)c(C)c1. The second kappa shape index (κ2) is 10.4. The molecule has 0 aliphatic heterocycles. The van der Waals surface area contributed by atoms with E-state index in [4.69, 9.17) is 4.74 Å². The highest BCUT2D eigenvalue weighted by molar-refractivity contribution is 5.65. The molecule has 0 saturated heterocycles. The molecule has 0 unspecified atom stereocenters. The van der Waals surface area contributed by atoms with Crippen molar-refractivity contribution in [3.05, 3.63) is 122 Å². The van der Waals surface area contributed by atoms with E-state index in [9.17, 15) is 23.2 Å². The highest BCUT2D eigenvalue weighted by Crippen LogP contribution is 2.35. The van der Waals surface area contributed by atoms with Crippen LogP contribution in [0.3, 0.4) is 0 Å². The Morgan fingerprint density at radius 1 is 0.919 bits per heavy atom. The van der Waals surface area contributed by atoms with E-state index >= 15 is 0 Å². The minimum absolute atomic E-state index is 0.0262. The predicted molar refractivity (Wildman–Crippen MR) is 136 cm³/mol. The maximum Gasteiger partial charge on any atom is 0.417 e. The lowest BCUT2D eigenvalue weighted by atomic mass is 10.0. The Bertz CT molecular complexity index is 1550. The molecule has 0 aliphatic carbocycles. The third kappa shape index (κ3) is 5.59. The van der Waals surface area contributed by atoms with Crippen molar-refractivity contribution in [1.82, 2.24) is 4.57 Å². The molecule has 0 bridgehead atoms. The molecule has 0 amide bonds. The third-order valence-electron chi connectivity index (χ3n) is 6.25. The summed E-state index contributed by atoms with van der Waals surface area (Å²) in [5.74, 6) is 0.584. The Balaban J connectivity index is 1.82. The molecule has 7 heteroatoms. The van der Waals surface area contributed by atoms with Crippen LogP contribution in [0.2, 0.25) is 0 Å². The number of hydrogen-bond donors (Lipinski definition) is 0. The van der Waals surface area contributed by atoms with Crippen molar-refractivity contribution < 1.29 is 17.9 Å². The topological polar surface area (TPSA) is 55.0 Å². The van der Waals surface area contributed by atoms with E-state index in [0.717, 1.165) is 28.3 Å². The molecular weight excluding hydrogens is 477 g/mol. The molecule has 4 rings (SSSR count). The van der Waals surface area contributed by atoms with Crippen molar-refractivity contribution in [1.29, 1.82) is 5.26 Å². The van der Waals surface area contributed by atoms with Crippen LogP contribution in [0.15, 0.2) is 77.6 Å². The molecule has 0 saturated carbocycles. The van der Waals surface area contributed by atoms with Gasteiger partial charge in [-0.1, -0.05) is 54.1 Å². The first-order valence-electron chi connectivity index (χ1n) is 11.7. The van der Waals surface area contributed by atoms with Crippen molar-refractivity contribution in [3.8, 4) is 23.1 Å². The second-order valence-corrected chi connectivity index (χ2v) is 9.00. The van der Waals surface area contributed by atoms with Gasteiger partial charge in [-0.15, -0.1) is 0 Å². The zero-order valence-electron chi connectivity index (χ0n) is 20.7. The summed E-state index contributed by atoms with van der Waals surface area (Å²) in [5, 5.41) is 9.46. The molecule has 4 nitrogen and oxygen atoms in total. The van der Waals surface area contributed by atoms with Gasteiger partial charge in [0, 0.05) is 0 Å². The molecule has 0 aliphatic rings. The molecule has 4 aromatic rings. The largest absolute Gasteiger partial charge is 0.489 e. The number of rotatable bonds is 6. The molecule has 188 valence electrons. The van der Waals surface area contributed by atoms with Crippen molar-refractivity contribution in [3.63, 3.8) is 0 Å². The van der Waals surface area contributed by atoms with Crippen LogP contribution in [0.1, 0.15) is 38.9 Å². The third-order valence-corrected chi connectivity index (χ3v) is 6.25. The van der Waals surface area contributed by atoms with Gasteiger partial charge in [-0.05, 0) is 72.9 Å². The molecule has 1 heterocycles. The smallest absolute Gasteiger partial charge is 0.417 e. The fourth-order valence-corrected chi connectivity index (χ4v) is 4.27. The van der Waals surface area contributed by atoms with Crippen LogP contribution in [-0.2, 0) is 19.3 Å². The number of aryl methyl sites for hydroxylation is 3. The van der Waals surface area contributed by atoms with Gasteiger partial charge in [-0.2, -0.15) is 18.4 Å². The average molecular weight is 503 g/mol. The van der Waals surface area contributed by atoms with E-state index < -0.39 is 22.9 Å². The van der Waals surface area contributed by atoms with Gasteiger partial charge in [0.1, 0.15) is 24.0 Å². The van der Waals surface area contributed by atoms with Crippen molar-refractivity contribution in [2.24, 2.45) is 0 Å². The number of pyridine rings is 1. The minimum atomic E-state index is -4.86. The summed E-state index contributed by atoms with van der Waals surface area (Å²) in [5.41, 5.74) is 1.75. The van der Waals surface area contributed by atoms with Crippen LogP contribution in [0.5, 0.6) is 5.75 Å². The summed E-state index contributed by atoms with van der Waals surface area (Å²) in [6.45, 7) is 5.98.